The van der Waals surface area contributed by atoms with Crippen molar-refractivity contribution in [3.63, 3.8) is 0 Å². The molecule has 0 saturated carbocycles. The molecule has 0 amide bonds. The third kappa shape index (κ3) is 3.23. The number of benzene rings is 1. The summed E-state index contributed by atoms with van der Waals surface area (Å²) in [4.78, 5) is 6.69. The van der Waals surface area contributed by atoms with Crippen LogP contribution in [0.1, 0.15) is 30.4 Å². The van der Waals surface area contributed by atoms with Crippen LogP contribution in [-0.2, 0) is 6.54 Å². The number of hydrogen-bond donors (Lipinski definition) is 1. The zero-order valence-corrected chi connectivity index (χ0v) is 17.2. The molecule has 1 aromatic carbocycles. The van der Waals surface area contributed by atoms with E-state index in [2.05, 4.69) is 45.0 Å². The summed E-state index contributed by atoms with van der Waals surface area (Å²) < 4.78 is 7.53. The molecule has 1 aliphatic heterocycles. The summed E-state index contributed by atoms with van der Waals surface area (Å²) in [5, 5.41) is 4.66. The van der Waals surface area contributed by atoms with Gasteiger partial charge in [0.05, 0.1) is 23.9 Å². The summed E-state index contributed by atoms with van der Waals surface area (Å²) in [5.41, 5.74) is 3.02. The predicted molar refractivity (Wildman–Crippen MR) is 116 cm³/mol. The molecule has 1 N–H and O–H groups in total. The zero-order valence-electron chi connectivity index (χ0n) is 15.7. The van der Waals surface area contributed by atoms with E-state index in [0.717, 1.165) is 23.6 Å². The van der Waals surface area contributed by atoms with E-state index in [1.807, 2.05) is 42.6 Å². The van der Waals surface area contributed by atoms with Crippen molar-refractivity contribution in [2.45, 2.75) is 25.6 Å². The van der Waals surface area contributed by atoms with Crippen LogP contribution in [0, 0.1) is 0 Å². The summed E-state index contributed by atoms with van der Waals surface area (Å²) in [7, 11) is 1.61. The van der Waals surface area contributed by atoms with E-state index < -0.39 is 0 Å². The third-order valence-electron chi connectivity index (χ3n) is 5.02. The molecule has 5 nitrogen and oxygen atoms in total. The number of methoxy groups -OCH3 is 1. The average molecular weight is 413 g/mol. The lowest BCUT2D eigenvalue weighted by atomic mass is 10.0. The van der Waals surface area contributed by atoms with Gasteiger partial charge in [0.15, 0.2) is 5.11 Å². The van der Waals surface area contributed by atoms with E-state index in [4.69, 9.17) is 28.6 Å². The van der Waals surface area contributed by atoms with Crippen molar-refractivity contribution >= 4 is 34.6 Å². The Morgan fingerprint density at radius 3 is 2.75 bits per heavy atom. The first-order chi connectivity index (χ1) is 13.6. The van der Waals surface area contributed by atoms with E-state index >= 15 is 0 Å². The van der Waals surface area contributed by atoms with Gasteiger partial charge in [-0.05, 0) is 61.6 Å². The van der Waals surface area contributed by atoms with Crippen molar-refractivity contribution in [2.75, 3.05) is 12.0 Å². The Bertz CT molecular complexity index is 991. The van der Waals surface area contributed by atoms with Gasteiger partial charge in [-0.1, -0.05) is 17.7 Å². The molecule has 2 unspecified atom stereocenters. The van der Waals surface area contributed by atoms with Gasteiger partial charge in [0.25, 0.3) is 0 Å². The molecule has 3 aromatic rings. The van der Waals surface area contributed by atoms with Gasteiger partial charge in [-0.15, -0.1) is 0 Å². The van der Waals surface area contributed by atoms with Gasteiger partial charge >= 0.3 is 0 Å². The molecule has 1 fully saturated rings. The number of aromatic nitrogens is 2. The van der Waals surface area contributed by atoms with Crippen molar-refractivity contribution in [1.29, 1.82) is 0 Å². The molecule has 2 atom stereocenters. The van der Waals surface area contributed by atoms with Crippen LogP contribution in [0.25, 0.3) is 0 Å². The standard InChI is InChI=1S/C21H21ClN4OS/c1-3-25-12-6-8-17(25)20-19(16-7-4-5-11-23-16)24-21(28)26(20)14-9-10-18(27-2)15(22)13-14/h4-13,19-20H,3H2,1-2H3,(H,24,28). The second kappa shape index (κ2) is 7.81. The monoisotopic (exact) mass is 412 g/mol. The molecule has 0 spiro atoms. The topological polar surface area (TPSA) is 42.3 Å². The Labute approximate surface area is 174 Å². The summed E-state index contributed by atoms with van der Waals surface area (Å²) in [5.74, 6) is 0.637. The van der Waals surface area contributed by atoms with Gasteiger partial charge < -0.3 is 19.5 Å². The minimum atomic E-state index is -0.0743. The van der Waals surface area contributed by atoms with E-state index in [-0.39, 0.29) is 12.1 Å². The molecular weight excluding hydrogens is 392 g/mol. The zero-order chi connectivity index (χ0) is 19.7. The number of rotatable bonds is 5. The van der Waals surface area contributed by atoms with Gasteiger partial charge in [0, 0.05) is 30.3 Å². The Hall–Kier alpha value is -2.57. The van der Waals surface area contributed by atoms with Crippen molar-refractivity contribution in [3.8, 4) is 5.75 Å². The highest BCUT2D eigenvalue weighted by Crippen LogP contribution is 2.43. The lowest BCUT2D eigenvalue weighted by Gasteiger charge is -2.29. The van der Waals surface area contributed by atoms with Crippen LogP contribution in [0.15, 0.2) is 60.9 Å². The highest BCUT2D eigenvalue weighted by atomic mass is 35.5. The maximum Gasteiger partial charge on any atom is 0.174 e. The highest BCUT2D eigenvalue weighted by Gasteiger charge is 2.42. The summed E-state index contributed by atoms with van der Waals surface area (Å²) >= 11 is 12.1. The van der Waals surface area contributed by atoms with Crippen LogP contribution in [0.5, 0.6) is 5.75 Å². The average Bonchev–Trinajstić information content (AvgIpc) is 3.32. The lowest BCUT2D eigenvalue weighted by molar-refractivity contribution is 0.415. The summed E-state index contributed by atoms with van der Waals surface area (Å²) in [6.07, 6.45) is 3.90. The fourth-order valence-electron chi connectivity index (χ4n) is 3.72. The Morgan fingerprint density at radius 2 is 2.07 bits per heavy atom. The van der Waals surface area contributed by atoms with Gasteiger partial charge in [-0.3, -0.25) is 4.98 Å². The van der Waals surface area contributed by atoms with Gasteiger partial charge in [0.1, 0.15) is 11.8 Å². The molecule has 0 radical (unpaired) electrons. The number of aryl methyl sites for hydroxylation is 1. The van der Waals surface area contributed by atoms with Crippen LogP contribution in [-0.4, -0.2) is 21.8 Å². The Kier molecular flexibility index (Phi) is 5.24. The van der Waals surface area contributed by atoms with Crippen LogP contribution in [0.3, 0.4) is 0 Å². The lowest BCUT2D eigenvalue weighted by Crippen LogP contribution is -2.30. The van der Waals surface area contributed by atoms with Gasteiger partial charge in [-0.2, -0.15) is 0 Å². The smallest absolute Gasteiger partial charge is 0.174 e. The number of ether oxygens (including phenoxy) is 1. The Balaban J connectivity index is 1.84. The SMILES string of the molecule is CCn1cccc1C1C(c2ccccn2)NC(=S)N1c1ccc(OC)c(Cl)c1. The number of hydrogen-bond acceptors (Lipinski definition) is 3. The maximum absolute atomic E-state index is 6.41. The Morgan fingerprint density at radius 1 is 1.21 bits per heavy atom. The van der Waals surface area contributed by atoms with Crippen LogP contribution >= 0.6 is 23.8 Å². The van der Waals surface area contributed by atoms with E-state index in [9.17, 15) is 0 Å². The first-order valence-corrected chi connectivity index (χ1v) is 9.92. The third-order valence-corrected chi connectivity index (χ3v) is 5.63. The molecule has 3 heterocycles. The fourth-order valence-corrected chi connectivity index (χ4v) is 4.32. The van der Waals surface area contributed by atoms with Crippen LogP contribution < -0.4 is 15.0 Å². The number of nitrogens with zero attached hydrogens (tertiary/aromatic N) is 3. The van der Waals surface area contributed by atoms with Gasteiger partial charge in [-0.25, -0.2) is 0 Å². The van der Waals surface area contributed by atoms with Gasteiger partial charge in [0.2, 0.25) is 0 Å². The first kappa shape index (κ1) is 18.8. The molecule has 1 aliphatic rings. The molecule has 0 aliphatic carbocycles. The number of pyridine rings is 1. The molecule has 0 bridgehead atoms. The molecule has 7 heteroatoms. The minimum Gasteiger partial charge on any atom is -0.495 e. The largest absolute Gasteiger partial charge is 0.495 e. The molecule has 2 aromatic heterocycles. The number of halogens is 1. The van der Waals surface area contributed by atoms with Crippen LogP contribution in [0.4, 0.5) is 5.69 Å². The number of thiocarbonyl (C=S) groups is 1. The quantitative estimate of drug-likeness (QED) is 0.613. The fraction of sp³-hybridized carbons (Fsp3) is 0.238. The van der Waals surface area contributed by atoms with E-state index in [0.29, 0.717) is 15.9 Å². The second-order valence-corrected chi connectivity index (χ2v) is 7.33. The van der Waals surface area contributed by atoms with Crippen molar-refractivity contribution in [1.82, 2.24) is 14.9 Å². The normalized spacial score (nSPS) is 19.0. The van der Waals surface area contributed by atoms with Crippen LogP contribution in [0.2, 0.25) is 5.02 Å². The predicted octanol–water partition coefficient (Wildman–Crippen LogP) is 4.74. The minimum absolute atomic E-state index is 0.0539. The van der Waals surface area contributed by atoms with E-state index in [1.165, 1.54) is 0 Å². The number of nitrogens with one attached hydrogen (secondary N) is 1. The molecule has 1 saturated heterocycles. The molecule has 4 rings (SSSR count). The maximum atomic E-state index is 6.41. The number of anilines is 1. The van der Waals surface area contributed by atoms with Crippen molar-refractivity contribution < 1.29 is 4.74 Å². The summed E-state index contributed by atoms with van der Waals surface area (Å²) in [6, 6.07) is 15.7. The first-order valence-electron chi connectivity index (χ1n) is 9.13. The van der Waals surface area contributed by atoms with Crippen molar-refractivity contribution in [2.24, 2.45) is 0 Å². The van der Waals surface area contributed by atoms with E-state index in [1.54, 1.807) is 7.11 Å². The molecular formula is C21H21ClN4OS. The molecule has 28 heavy (non-hydrogen) atoms. The van der Waals surface area contributed by atoms with Crippen molar-refractivity contribution in [3.05, 3.63) is 77.3 Å². The second-order valence-electron chi connectivity index (χ2n) is 6.53. The highest BCUT2D eigenvalue weighted by molar-refractivity contribution is 7.80. The molecule has 144 valence electrons. The summed E-state index contributed by atoms with van der Waals surface area (Å²) in [6.45, 7) is 3.01.